The third-order valence-electron chi connectivity index (χ3n) is 2.57. The monoisotopic (exact) mass is 272 g/mol. The van der Waals surface area contributed by atoms with Crippen LogP contribution in [-0.4, -0.2) is 21.1 Å². The van der Waals surface area contributed by atoms with Gasteiger partial charge >= 0.3 is 0 Å². The molecule has 0 unspecified atom stereocenters. The van der Waals surface area contributed by atoms with E-state index in [1.807, 2.05) is 0 Å². The van der Waals surface area contributed by atoms with Crippen molar-refractivity contribution < 1.29 is 13.6 Å². The first-order valence-electron chi connectivity index (χ1n) is 5.75. The summed E-state index contributed by atoms with van der Waals surface area (Å²) in [6.45, 7) is 0. The van der Waals surface area contributed by atoms with E-state index >= 15 is 0 Å². The van der Waals surface area contributed by atoms with Crippen LogP contribution in [0.5, 0.6) is 0 Å². The van der Waals surface area contributed by atoms with Crippen molar-refractivity contribution in [1.29, 1.82) is 0 Å². The molecule has 100 valence electrons. The number of nitrogens with zero attached hydrogens (tertiary/aromatic N) is 2. The van der Waals surface area contributed by atoms with Gasteiger partial charge in [-0.1, -0.05) is 0 Å². The van der Waals surface area contributed by atoms with E-state index in [0.717, 1.165) is 0 Å². The lowest BCUT2D eigenvalue weighted by Crippen LogP contribution is -2.11. The van der Waals surface area contributed by atoms with Crippen molar-refractivity contribution in [2.24, 2.45) is 0 Å². The number of carbonyl (C=O) groups is 1. The molecule has 6 nitrogen and oxygen atoms in total. The van der Waals surface area contributed by atoms with Gasteiger partial charge in [-0.2, -0.15) is 4.98 Å². The number of furan rings is 1. The van der Waals surface area contributed by atoms with E-state index in [1.54, 1.807) is 18.2 Å². The zero-order valence-electron chi connectivity index (χ0n) is 10.1. The fraction of sp³-hybridized carbons (Fsp3) is 0. The Morgan fingerprint density at radius 2 is 2.05 bits per heavy atom. The first kappa shape index (κ1) is 12.1. The van der Waals surface area contributed by atoms with Crippen LogP contribution in [0.2, 0.25) is 0 Å². The Bertz CT molecular complexity index is 719. The van der Waals surface area contributed by atoms with Gasteiger partial charge in [0.25, 0.3) is 5.91 Å². The smallest absolute Gasteiger partial charge is 0.293 e. The number of rotatable bonds is 3. The number of nitrogens with one attached hydrogen (secondary N) is 2. The first-order valence-corrected chi connectivity index (χ1v) is 5.75. The molecule has 0 aliphatic heterocycles. The van der Waals surface area contributed by atoms with Gasteiger partial charge in [-0.25, -0.2) is 4.39 Å². The maximum atomic E-state index is 12.8. The van der Waals surface area contributed by atoms with Crippen LogP contribution >= 0.6 is 0 Å². The Balaban J connectivity index is 1.77. The maximum absolute atomic E-state index is 12.8. The predicted molar refractivity (Wildman–Crippen MR) is 68.4 cm³/mol. The number of anilines is 1. The second-order valence-corrected chi connectivity index (χ2v) is 3.95. The van der Waals surface area contributed by atoms with E-state index in [4.69, 9.17) is 4.42 Å². The molecule has 0 bridgehead atoms. The van der Waals surface area contributed by atoms with Gasteiger partial charge in [0.05, 0.1) is 6.26 Å². The molecule has 3 rings (SSSR count). The summed E-state index contributed by atoms with van der Waals surface area (Å²) in [5, 5.41) is 9.01. The fourth-order valence-corrected chi connectivity index (χ4v) is 1.63. The second kappa shape index (κ2) is 4.96. The van der Waals surface area contributed by atoms with Crippen molar-refractivity contribution in [2.45, 2.75) is 0 Å². The summed E-state index contributed by atoms with van der Waals surface area (Å²) in [6, 6.07) is 8.90. The van der Waals surface area contributed by atoms with Crippen LogP contribution < -0.4 is 5.32 Å². The number of amides is 1. The highest BCUT2D eigenvalue weighted by molar-refractivity contribution is 6.01. The molecular formula is C13H9FN4O2. The second-order valence-electron chi connectivity index (χ2n) is 3.95. The Hall–Kier alpha value is -2.96. The lowest BCUT2D eigenvalue weighted by atomic mass is 10.2. The standard InChI is InChI=1S/C13H9FN4O2/c14-9-5-3-8(4-6-9)11-15-13(18-17-11)16-12(19)10-2-1-7-20-10/h1-7H,(H2,15,16,17,18,19). The van der Waals surface area contributed by atoms with E-state index in [2.05, 4.69) is 20.5 Å². The van der Waals surface area contributed by atoms with Gasteiger partial charge in [-0.05, 0) is 36.4 Å². The summed E-state index contributed by atoms with van der Waals surface area (Å²) in [5.74, 6) is -0.0668. The van der Waals surface area contributed by atoms with Crippen LogP contribution in [-0.2, 0) is 0 Å². The van der Waals surface area contributed by atoms with Gasteiger partial charge < -0.3 is 4.42 Å². The lowest BCUT2D eigenvalue weighted by Gasteiger charge is -1.96. The molecule has 1 amide bonds. The van der Waals surface area contributed by atoms with Crippen LogP contribution in [0.25, 0.3) is 11.4 Å². The number of aromatic nitrogens is 3. The minimum Gasteiger partial charge on any atom is -0.459 e. The highest BCUT2D eigenvalue weighted by atomic mass is 19.1. The Morgan fingerprint density at radius 3 is 2.75 bits per heavy atom. The third-order valence-corrected chi connectivity index (χ3v) is 2.57. The largest absolute Gasteiger partial charge is 0.459 e. The Morgan fingerprint density at radius 1 is 1.25 bits per heavy atom. The van der Waals surface area contributed by atoms with E-state index in [1.165, 1.54) is 24.5 Å². The molecule has 0 radical (unpaired) electrons. The molecule has 1 aromatic carbocycles. The Labute approximate surface area is 112 Å². The summed E-state index contributed by atoms with van der Waals surface area (Å²) >= 11 is 0. The van der Waals surface area contributed by atoms with Crippen LogP contribution in [0, 0.1) is 5.82 Å². The van der Waals surface area contributed by atoms with E-state index in [0.29, 0.717) is 11.4 Å². The van der Waals surface area contributed by atoms with Gasteiger partial charge in [-0.3, -0.25) is 15.2 Å². The number of hydrogen-bond donors (Lipinski definition) is 2. The number of halogens is 1. The van der Waals surface area contributed by atoms with Crippen molar-refractivity contribution in [3.8, 4) is 11.4 Å². The third kappa shape index (κ3) is 2.41. The van der Waals surface area contributed by atoms with Crippen molar-refractivity contribution >= 4 is 11.9 Å². The maximum Gasteiger partial charge on any atom is 0.293 e. The predicted octanol–water partition coefficient (Wildman–Crippen LogP) is 2.46. The van der Waals surface area contributed by atoms with Gasteiger partial charge in [0, 0.05) is 5.56 Å². The molecule has 0 spiro atoms. The molecule has 2 N–H and O–H groups in total. The first-order chi connectivity index (χ1) is 9.72. The topological polar surface area (TPSA) is 83.8 Å². The van der Waals surface area contributed by atoms with Gasteiger partial charge in [0.1, 0.15) is 5.82 Å². The molecule has 0 atom stereocenters. The van der Waals surface area contributed by atoms with Crippen molar-refractivity contribution in [1.82, 2.24) is 15.2 Å². The normalized spacial score (nSPS) is 10.4. The zero-order chi connectivity index (χ0) is 13.9. The highest BCUT2D eigenvalue weighted by Crippen LogP contribution is 2.16. The molecule has 0 saturated carbocycles. The van der Waals surface area contributed by atoms with Crippen LogP contribution in [0.15, 0.2) is 47.1 Å². The number of aromatic amines is 1. The molecule has 0 aliphatic rings. The molecule has 7 heteroatoms. The summed E-state index contributed by atoms with van der Waals surface area (Å²) in [5.41, 5.74) is 0.664. The minimum absolute atomic E-state index is 0.116. The molecule has 0 aliphatic carbocycles. The average molecular weight is 272 g/mol. The number of benzene rings is 1. The van der Waals surface area contributed by atoms with Crippen molar-refractivity contribution in [2.75, 3.05) is 5.32 Å². The molecule has 0 fully saturated rings. The number of hydrogen-bond acceptors (Lipinski definition) is 4. The van der Waals surface area contributed by atoms with E-state index in [9.17, 15) is 9.18 Å². The molecule has 20 heavy (non-hydrogen) atoms. The quantitative estimate of drug-likeness (QED) is 0.767. The van der Waals surface area contributed by atoms with Crippen molar-refractivity contribution in [3.63, 3.8) is 0 Å². The zero-order valence-corrected chi connectivity index (χ0v) is 10.1. The van der Waals surface area contributed by atoms with Crippen LogP contribution in [0.4, 0.5) is 10.3 Å². The van der Waals surface area contributed by atoms with Gasteiger partial charge in [-0.15, -0.1) is 5.10 Å². The Kier molecular flexibility index (Phi) is 3.00. The van der Waals surface area contributed by atoms with E-state index < -0.39 is 5.91 Å². The molecule has 2 aromatic heterocycles. The summed E-state index contributed by atoms with van der Waals surface area (Å²) in [7, 11) is 0. The molecule has 2 heterocycles. The van der Waals surface area contributed by atoms with Crippen LogP contribution in [0.1, 0.15) is 10.6 Å². The molecule has 0 saturated heterocycles. The fourth-order valence-electron chi connectivity index (χ4n) is 1.63. The molecule has 3 aromatic rings. The number of carbonyl (C=O) groups excluding carboxylic acids is 1. The van der Waals surface area contributed by atoms with Gasteiger partial charge in [0.2, 0.25) is 5.95 Å². The summed E-state index contributed by atoms with van der Waals surface area (Å²) in [4.78, 5) is 15.8. The highest BCUT2D eigenvalue weighted by Gasteiger charge is 2.12. The summed E-state index contributed by atoms with van der Waals surface area (Å²) < 4.78 is 17.8. The summed E-state index contributed by atoms with van der Waals surface area (Å²) in [6.07, 6.45) is 1.40. The van der Waals surface area contributed by atoms with Gasteiger partial charge in [0.15, 0.2) is 11.6 Å². The number of H-pyrrole nitrogens is 1. The minimum atomic E-state index is -0.445. The lowest BCUT2D eigenvalue weighted by molar-refractivity contribution is 0.0996. The average Bonchev–Trinajstić information content (AvgIpc) is 3.10. The van der Waals surface area contributed by atoms with E-state index in [-0.39, 0.29) is 17.5 Å². The SMILES string of the molecule is O=C(Nc1n[nH]c(-c2ccc(F)cc2)n1)c1ccco1. The van der Waals surface area contributed by atoms with Crippen molar-refractivity contribution in [3.05, 3.63) is 54.2 Å². The van der Waals surface area contributed by atoms with Crippen LogP contribution in [0.3, 0.4) is 0 Å². The molecular weight excluding hydrogens is 263 g/mol.